The summed E-state index contributed by atoms with van der Waals surface area (Å²) < 4.78 is 1.11. The van der Waals surface area contributed by atoms with Crippen LogP contribution in [0.1, 0.15) is 12.5 Å². The molecule has 0 fully saturated rings. The third-order valence-electron chi connectivity index (χ3n) is 2.16. The Morgan fingerprint density at radius 3 is 2.44 bits per heavy atom. The van der Waals surface area contributed by atoms with E-state index in [2.05, 4.69) is 38.7 Å². The van der Waals surface area contributed by atoms with E-state index < -0.39 is 0 Å². The molecule has 3 N–H and O–H groups in total. The van der Waals surface area contributed by atoms with Crippen LogP contribution >= 0.6 is 15.9 Å². The molecule has 0 aromatic heterocycles. The second-order valence-electron chi connectivity index (χ2n) is 3.86. The zero-order valence-corrected chi connectivity index (χ0v) is 11.1. The van der Waals surface area contributed by atoms with Crippen LogP contribution in [0.2, 0.25) is 0 Å². The summed E-state index contributed by atoms with van der Waals surface area (Å²) in [5.41, 5.74) is 1.28. The number of rotatable bonds is 7. The SMILES string of the molecule is CC(O)CNCCNCc1ccc(Br)cc1. The topological polar surface area (TPSA) is 44.3 Å². The van der Waals surface area contributed by atoms with Gasteiger partial charge in [-0.15, -0.1) is 0 Å². The minimum absolute atomic E-state index is 0.272. The molecule has 0 saturated heterocycles. The van der Waals surface area contributed by atoms with Crippen LogP contribution in [0.4, 0.5) is 0 Å². The van der Waals surface area contributed by atoms with Gasteiger partial charge in [0.15, 0.2) is 0 Å². The van der Waals surface area contributed by atoms with Crippen LogP contribution < -0.4 is 10.6 Å². The van der Waals surface area contributed by atoms with E-state index >= 15 is 0 Å². The molecule has 0 saturated carbocycles. The molecular weight excluding hydrogens is 268 g/mol. The highest BCUT2D eigenvalue weighted by Gasteiger charge is 1.94. The Hall–Kier alpha value is -0.420. The molecule has 90 valence electrons. The van der Waals surface area contributed by atoms with Crippen molar-refractivity contribution in [2.45, 2.75) is 19.6 Å². The number of aliphatic hydroxyl groups excluding tert-OH is 1. The molecule has 1 aromatic rings. The first-order valence-electron chi connectivity index (χ1n) is 5.52. The normalized spacial score (nSPS) is 12.7. The number of halogens is 1. The predicted octanol–water partition coefficient (Wildman–Crippen LogP) is 1.51. The molecular formula is C12H19BrN2O. The van der Waals surface area contributed by atoms with Crippen LogP contribution in [0.15, 0.2) is 28.7 Å². The highest BCUT2D eigenvalue weighted by atomic mass is 79.9. The highest BCUT2D eigenvalue weighted by molar-refractivity contribution is 9.10. The number of hydrogen-bond donors (Lipinski definition) is 3. The molecule has 0 bridgehead atoms. The molecule has 1 unspecified atom stereocenters. The fourth-order valence-electron chi connectivity index (χ4n) is 1.32. The van der Waals surface area contributed by atoms with Gasteiger partial charge in [-0.2, -0.15) is 0 Å². The molecule has 1 aromatic carbocycles. The Labute approximate surface area is 105 Å². The maximum atomic E-state index is 9.03. The van der Waals surface area contributed by atoms with E-state index in [1.54, 1.807) is 6.92 Å². The first-order chi connectivity index (χ1) is 7.68. The standard InChI is InChI=1S/C12H19BrN2O/c1-10(16)8-14-6-7-15-9-11-2-4-12(13)5-3-11/h2-5,10,14-16H,6-9H2,1H3. The van der Waals surface area contributed by atoms with Crippen molar-refractivity contribution in [3.63, 3.8) is 0 Å². The molecule has 16 heavy (non-hydrogen) atoms. The van der Waals surface area contributed by atoms with Gasteiger partial charge in [-0.1, -0.05) is 28.1 Å². The van der Waals surface area contributed by atoms with E-state index in [0.717, 1.165) is 24.1 Å². The lowest BCUT2D eigenvalue weighted by molar-refractivity contribution is 0.191. The molecule has 1 atom stereocenters. The number of benzene rings is 1. The van der Waals surface area contributed by atoms with Gasteiger partial charge in [0.25, 0.3) is 0 Å². The van der Waals surface area contributed by atoms with Crippen molar-refractivity contribution in [2.24, 2.45) is 0 Å². The largest absolute Gasteiger partial charge is 0.392 e. The maximum Gasteiger partial charge on any atom is 0.0636 e. The lowest BCUT2D eigenvalue weighted by Crippen LogP contribution is -2.31. The second kappa shape index (κ2) is 7.79. The molecule has 0 aliphatic rings. The lowest BCUT2D eigenvalue weighted by atomic mass is 10.2. The van der Waals surface area contributed by atoms with E-state index in [-0.39, 0.29) is 6.10 Å². The minimum Gasteiger partial charge on any atom is -0.392 e. The zero-order chi connectivity index (χ0) is 11.8. The molecule has 4 heteroatoms. The van der Waals surface area contributed by atoms with E-state index in [1.807, 2.05) is 12.1 Å². The Kier molecular flexibility index (Phi) is 6.64. The molecule has 0 aliphatic carbocycles. The Balaban J connectivity index is 2.05. The van der Waals surface area contributed by atoms with Crippen molar-refractivity contribution < 1.29 is 5.11 Å². The molecule has 0 aliphatic heterocycles. The summed E-state index contributed by atoms with van der Waals surface area (Å²) in [5, 5.41) is 15.5. The third kappa shape index (κ3) is 6.23. The number of aliphatic hydroxyl groups is 1. The second-order valence-corrected chi connectivity index (χ2v) is 4.77. The van der Waals surface area contributed by atoms with E-state index in [9.17, 15) is 0 Å². The average molecular weight is 287 g/mol. The first kappa shape index (κ1) is 13.6. The van der Waals surface area contributed by atoms with Gasteiger partial charge in [-0.25, -0.2) is 0 Å². The molecule has 0 spiro atoms. The smallest absolute Gasteiger partial charge is 0.0636 e. The Morgan fingerprint density at radius 1 is 1.19 bits per heavy atom. The first-order valence-corrected chi connectivity index (χ1v) is 6.31. The van der Waals surface area contributed by atoms with Gasteiger partial charge in [0.05, 0.1) is 6.10 Å². The molecule has 0 radical (unpaired) electrons. The van der Waals surface area contributed by atoms with Crippen molar-refractivity contribution in [2.75, 3.05) is 19.6 Å². The number of nitrogens with one attached hydrogen (secondary N) is 2. The molecule has 1 rings (SSSR count). The van der Waals surface area contributed by atoms with Crippen molar-refractivity contribution in [1.29, 1.82) is 0 Å². The van der Waals surface area contributed by atoms with Crippen LogP contribution in [-0.4, -0.2) is 30.8 Å². The minimum atomic E-state index is -0.272. The molecule has 0 heterocycles. The van der Waals surface area contributed by atoms with Crippen molar-refractivity contribution in [3.8, 4) is 0 Å². The van der Waals surface area contributed by atoms with Crippen molar-refractivity contribution in [3.05, 3.63) is 34.3 Å². The van der Waals surface area contributed by atoms with Gasteiger partial charge in [0.1, 0.15) is 0 Å². The highest BCUT2D eigenvalue weighted by Crippen LogP contribution is 2.09. The third-order valence-corrected chi connectivity index (χ3v) is 2.69. The quantitative estimate of drug-likeness (QED) is 0.666. The molecule has 3 nitrogen and oxygen atoms in total. The summed E-state index contributed by atoms with van der Waals surface area (Å²) >= 11 is 3.41. The predicted molar refractivity (Wildman–Crippen MR) is 70.4 cm³/mol. The Morgan fingerprint density at radius 2 is 1.81 bits per heavy atom. The van der Waals surface area contributed by atoms with Gasteiger partial charge in [0.2, 0.25) is 0 Å². The monoisotopic (exact) mass is 286 g/mol. The fourth-order valence-corrected chi connectivity index (χ4v) is 1.59. The summed E-state index contributed by atoms with van der Waals surface area (Å²) in [6.45, 7) is 5.09. The van der Waals surface area contributed by atoms with Crippen LogP contribution in [0.25, 0.3) is 0 Å². The van der Waals surface area contributed by atoms with Crippen LogP contribution in [-0.2, 0) is 6.54 Å². The summed E-state index contributed by atoms with van der Waals surface area (Å²) in [7, 11) is 0. The Bertz CT molecular complexity index is 288. The van der Waals surface area contributed by atoms with Gasteiger partial charge in [-0.3, -0.25) is 0 Å². The van der Waals surface area contributed by atoms with Crippen LogP contribution in [0, 0.1) is 0 Å². The summed E-state index contributed by atoms with van der Waals surface area (Å²) in [6, 6.07) is 8.28. The van der Waals surface area contributed by atoms with E-state index in [1.165, 1.54) is 5.56 Å². The van der Waals surface area contributed by atoms with Gasteiger partial charge >= 0.3 is 0 Å². The zero-order valence-electron chi connectivity index (χ0n) is 9.54. The van der Waals surface area contributed by atoms with Crippen LogP contribution in [0.5, 0.6) is 0 Å². The van der Waals surface area contributed by atoms with E-state index in [0.29, 0.717) is 6.54 Å². The van der Waals surface area contributed by atoms with Crippen molar-refractivity contribution >= 4 is 15.9 Å². The van der Waals surface area contributed by atoms with Gasteiger partial charge < -0.3 is 15.7 Å². The fraction of sp³-hybridized carbons (Fsp3) is 0.500. The average Bonchev–Trinajstić information content (AvgIpc) is 2.25. The summed E-state index contributed by atoms with van der Waals surface area (Å²) in [6.07, 6.45) is -0.272. The van der Waals surface area contributed by atoms with Crippen LogP contribution in [0.3, 0.4) is 0 Å². The summed E-state index contributed by atoms with van der Waals surface area (Å²) in [4.78, 5) is 0. The van der Waals surface area contributed by atoms with Gasteiger partial charge in [-0.05, 0) is 24.6 Å². The summed E-state index contributed by atoms with van der Waals surface area (Å²) in [5.74, 6) is 0. The maximum absolute atomic E-state index is 9.03. The van der Waals surface area contributed by atoms with Gasteiger partial charge in [0, 0.05) is 30.7 Å². The lowest BCUT2D eigenvalue weighted by Gasteiger charge is -2.08. The number of hydrogen-bond acceptors (Lipinski definition) is 3. The van der Waals surface area contributed by atoms with E-state index in [4.69, 9.17) is 5.11 Å². The van der Waals surface area contributed by atoms with Crippen molar-refractivity contribution in [1.82, 2.24) is 10.6 Å². The molecule has 0 amide bonds.